The minimum absolute atomic E-state index is 0.0308. The molecule has 0 bridgehead atoms. The van der Waals surface area contributed by atoms with Gasteiger partial charge in [-0.3, -0.25) is 14.5 Å². The Bertz CT molecular complexity index is 182. The zero-order chi connectivity index (χ0) is 10.3. The van der Waals surface area contributed by atoms with Crippen molar-refractivity contribution in [3.05, 3.63) is 0 Å². The molecule has 76 valence electrons. The van der Waals surface area contributed by atoms with Gasteiger partial charge in [0.2, 0.25) is 5.91 Å². The number of carbonyl (C=O) groups is 2. The average molecular weight is 188 g/mol. The number of rotatable bonds is 5. The van der Waals surface area contributed by atoms with Crippen LogP contribution < -0.4 is 5.32 Å². The summed E-state index contributed by atoms with van der Waals surface area (Å²) in [6.07, 6.45) is 0.393. The van der Waals surface area contributed by atoms with Crippen LogP contribution in [0.3, 0.4) is 0 Å². The van der Waals surface area contributed by atoms with Crippen molar-refractivity contribution in [3.8, 4) is 0 Å². The highest BCUT2D eigenvalue weighted by Crippen LogP contribution is 1.88. The molecule has 0 radical (unpaired) electrons. The summed E-state index contributed by atoms with van der Waals surface area (Å²) < 4.78 is 4.47. The summed E-state index contributed by atoms with van der Waals surface area (Å²) in [6, 6.07) is 0. The van der Waals surface area contributed by atoms with Crippen LogP contribution in [-0.2, 0) is 14.3 Å². The fourth-order valence-electron chi connectivity index (χ4n) is 0.781. The molecule has 0 aromatic carbocycles. The highest BCUT2D eigenvalue weighted by Gasteiger charge is 2.07. The van der Waals surface area contributed by atoms with Crippen molar-refractivity contribution < 1.29 is 14.3 Å². The molecule has 5 nitrogen and oxygen atoms in total. The third kappa shape index (κ3) is 6.10. The molecular weight excluding hydrogens is 172 g/mol. The first-order valence-corrected chi connectivity index (χ1v) is 4.06. The Morgan fingerprint density at radius 1 is 1.46 bits per heavy atom. The molecule has 1 amide bonds. The Morgan fingerprint density at radius 3 is 2.54 bits per heavy atom. The van der Waals surface area contributed by atoms with E-state index in [1.807, 2.05) is 0 Å². The van der Waals surface area contributed by atoms with Crippen molar-refractivity contribution in [2.45, 2.75) is 6.42 Å². The molecule has 0 aromatic rings. The zero-order valence-electron chi connectivity index (χ0n) is 8.29. The molecule has 0 saturated heterocycles. The van der Waals surface area contributed by atoms with Gasteiger partial charge in [0.1, 0.15) is 0 Å². The SMILES string of the molecule is CNC(=O)CCN(C)CC(=O)OC. The van der Waals surface area contributed by atoms with Crippen LogP contribution in [0.15, 0.2) is 0 Å². The molecule has 0 aromatic heterocycles. The summed E-state index contributed by atoms with van der Waals surface area (Å²) in [5, 5.41) is 2.51. The normalized spacial score (nSPS) is 9.85. The molecule has 13 heavy (non-hydrogen) atoms. The highest BCUT2D eigenvalue weighted by atomic mass is 16.5. The Labute approximate surface area is 78.0 Å². The molecule has 0 heterocycles. The Morgan fingerprint density at radius 2 is 2.08 bits per heavy atom. The first-order chi connectivity index (χ1) is 6.10. The highest BCUT2D eigenvalue weighted by molar-refractivity contribution is 5.76. The lowest BCUT2D eigenvalue weighted by atomic mass is 10.3. The molecule has 0 fully saturated rings. The maximum Gasteiger partial charge on any atom is 0.319 e. The molecule has 0 saturated carbocycles. The van der Waals surface area contributed by atoms with Gasteiger partial charge in [0.25, 0.3) is 0 Å². The number of hydrogen-bond acceptors (Lipinski definition) is 4. The van der Waals surface area contributed by atoms with E-state index in [2.05, 4.69) is 10.1 Å². The van der Waals surface area contributed by atoms with Crippen LogP contribution in [0, 0.1) is 0 Å². The van der Waals surface area contributed by atoms with Gasteiger partial charge in [0, 0.05) is 20.0 Å². The molecule has 0 aliphatic heterocycles. The molecular formula is C8H16N2O3. The molecule has 0 aliphatic carbocycles. The number of likely N-dealkylation sites (N-methyl/N-ethyl adjacent to an activating group) is 1. The first kappa shape index (κ1) is 11.9. The van der Waals surface area contributed by atoms with Gasteiger partial charge in [-0.15, -0.1) is 0 Å². The second-order valence-corrected chi connectivity index (χ2v) is 2.74. The minimum Gasteiger partial charge on any atom is -0.468 e. The van der Waals surface area contributed by atoms with Gasteiger partial charge in [0.15, 0.2) is 0 Å². The lowest BCUT2D eigenvalue weighted by Crippen LogP contribution is -2.31. The molecule has 0 unspecified atom stereocenters. The fraction of sp³-hybridized carbons (Fsp3) is 0.750. The van der Waals surface area contributed by atoms with Gasteiger partial charge < -0.3 is 10.1 Å². The molecule has 0 aliphatic rings. The summed E-state index contributed by atoms with van der Waals surface area (Å²) in [7, 11) is 4.69. The van der Waals surface area contributed by atoms with E-state index >= 15 is 0 Å². The molecule has 0 spiro atoms. The van der Waals surface area contributed by atoms with Crippen molar-refractivity contribution in [2.24, 2.45) is 0 Å². The van der Waals surface area contributed by atoms with Gasteiger partial charge in [0.05, 0.1) is 13.7 Å². The maximum atomic E-state index is 10.8. The summed E-state index contributed by atoms with van der Waals surface area (Å²) in [5.74, 6) is -0.323. The van der Waals surface area contributed by atoms with Crippen molar-refractivity contribution in [2.75, 3.05) is 34.3 Å². The Hall–Kier alpha value is -1.10. The summed E-state index contributed by atoms with van der Waals surface area (Å²) in [5.41, 5.74) is 0. The topological polar surface area (TPSA) is 58.6 Å². The van der Waals surface area contributed by atoms with E-state index in [1.165, 1.54) is 7.11 Å². The van der Waals surface area contributed by atoms with Crippen molar-refractivity contribution in [1.82, 2.24) is 10.2 Å². The maximum absolute atomic E-state index is 10.8. The van der Waals surface area contributed by atoms with E-state index in [0.29, 0.717) is 13.0 Å². The summed E-state index contributed by atoms with van der Waals surface area (Å²) >= 11 is 0. The van der Waals surface area contributed by atoms with Gasteiger partial charge in [-0.05, 0) is 7.05 Å². The van der Waals surface area contributed by atoms with Crippen LogP contribution in [0.4, 0.5) is 0 Å². The van der Waals surface area contributed by atoms with Crippen molar-refractivity contribution in [3.63, 3.8) is 0 Å². The number of hydrogen-bond donors (Lipinski definition) is 1. The molecule has 1 N–H and O–H groups in total. The summed E-state index contributed by atoms with van der Waals surface area (Å²) in [4.78, 5) is 23.3. The van der Waals surface area contributed by atoms with Crippen molar-refractivity contribution in [1.29, 1.82) is 0 Å². The third-order valence-electron chi connectivity index (χ3n) is 1.63. The number of esters is 1. The Kier molecular flexibility index (Phi) is 5.88. The molecule has 0 atom stereocenters. The number of methoxy groups -OCH3 is 1. The number of carbonyl (C=O) groups excluding carboxylic acids is 2. The average Bonchev–Trinajstić information content (AvgIpc) is 2.13. The summed E-state index contributed by atoms with van der Waals surface area (Å²) in [6.45, 7) is 0.766. The smallest absolute Gasteiger partial charge is 0.319 e. The quantitative estimate of drug-likeness (QED) is 0.575. The predicted molar refractivity (Wildman–Crippen MR) is 48.2 cm³/mol. The van der Waals surface area contributed by atoms with E-state index in [9.17, 15) is 9.59 Å². The minimum atomic E-state index is -0.292. The van der Waals surface area contributed by atoms with Gasteiger partial charge in [-0.1, -0.05) is 0 Å². The zero-order valence-corrected chi connectivity index (χ0v) is 8.29. The van der Waals surface area contributed by atoms with Crippen LogP contribution in [0.25, 0.3) is 0 Å². The number of ether oxygens (including phenoxy) is 1. The second kappa shape index (κ2) is 6.42. The van der Waals surface area contributed by atoms with Gasteiger partial charge in [-0.25, -0.2) is 0 Å². The number of amides is 1. The van der Waals surface area contributed by atoms with E-state index in [4.69, 9.17) is 0 Å². The Balaban J connectivity index is 3.56. The largest absolute Gasteiger partial charge is 0.468 e. The fourth-order valence-corrected chi connectivity index (χ4v) is 0.781. The van der Waals surface area contributed by atoms with Gasteiger partial charge in [-0.2, -0.15) is 0 Å². The van der Waals surface area contributed by atoms with Crippen LogP contribution in [0.2, 0.25) is 0 Å². The number of nitrogens with zero attached hydrogens (tertiary/aromatic N) is 1. The van der Waals surface area contributed by atoms with Crippen LogP contribution >= 0.6 is 0 Å². The van der Waals surface area contributed by atoms with E-state index in [-0.39, 0.29) is 18.4 Å². The van der Waals surface area contributed by atoms with Crippen molar-refractivity contribution >= 4 is 11.9 Å². The third-order valence-corrected chi connectivity index (χ3v) is 1.63. The van der Waals surface area contributed by atoms with Crippen LogP contribution in [0.1, 0.15) is 6.42 Å². The van der Waals surface area contributed by atoms with Crippen LogP contribution in [0.5, 0.6) is 0 Å². The molecule has 5 heteroatoms. The monoisotopic (exact) mass is 188 g/mol. The number of nitrogens with one attached hydrogen (secondary N) is 1. The predicted octanol–water partition coefficient (Wildman–Crippen LogP) is -0.773. The standard InChI is InChI=1S/C8H16N2O3/c1-9-7(11)4-5-10(2)6-8(12)13-3/h4-6H2,1-3H3,(H,9,11). The lowest BCUT2D eigenvalue weighted by molar-refractivity contribution is -0.141. The van der Waals surface area contributed by atoms with E-state index < -0.39 is 0 Å². The van der Waals surface area contributed by atoms with Crippen LogP contribution in [-0.4, -0.2) is 51.1 Å². The first-order valence-electron chi connectivity index (χ1n) is 4.06. The molecule has 0 rings (SSSR count). The lowest BCUT2D eigenvalue weighted by Gasteiger charge is -2.13. The second-order valence-electron chi connectivity index (χ2n) is 2.74. The van der Waals surface area contributed by atoms with E-state index in [0.717, 1.165) is 0 Å². The van der Waals surface area contributed by atoms with E-state index in [1.54, 1.807) is 19.0 Å². The van der Waals surface area contributed by atoms with Gasteiger partial charge >= 0.3 is 5.97 Å².